The van der Waals surface area contributed by atoms with Gasteiger partial charge in [-0.15, -0.1) is 0 Å². The number of hydrogen-bond donors (Lipinski definition) is 0. The van der Waals surface area contributed by atoms with E-state index in [4.69, 9.17) is 9.98 Å². The lowest BCUT2D eigenvalue weighted by Crippen LogP contribution is -2.12. The smallest absolute Gasteiger partial charge is 0.135 e. The molecule has 43 heavy (non-hydrogen) atoms. The summed E-state index contributed by atoms with van der Waals surface area (Å²) in [7, 11) is 0. The van der Waals surface area contributed by atoms with Gasteiger partial charge in [-0.1, -0.05) is 128 Å². The molecule has 0 saturated carbocycles. The lowest BCUT2D eigenvalue weighted by atomic mass is 10.0. The maximum atomic E-state index is 5.14. The molecular formula is C41H62N2. The van der Waals surface area contributed by atoms with E-state index in [1.807, 2.05) is 0 Å². The number of benzene rings is 2. The standard InChI is InChI=1S/C41H62N2/c1-7-9-11-12-13-14-15-16-17-18-19-20-21-22-23-24-25-27-41(43-39-32-36(5)29-37(6)33-39)40(26-10-8-2)42-38-30-34(3)28-35(4)31-38/h28-33H,7-24,26H2,1-6H3. The minimum Gasteiger partial charge on any atom is -0.250 e. The Kier molecular flexibility index (Phi) is 19.4. The van der Waals surface area contributed by atoms with E-state index in [1.54, 1.807) is 0 Å². The van der Waals surface area contributed by atoms with E-state index < -0.39 is 0 Å². The molecule has 0 aliphatic carbocycles. The van der Waals surface area contributed by atoms with Gasteiger partial charge in [0.25, 0.3) is 0 Å². The second-order valence-corrected chi connectivity index (χ2v) is 12.8. The Balaban J connectivity index is 1.91. The average molecular weight is 583 g/mol. The molecule has 0 aromatic heterocycles. The van der Waals surface area contributed by atoms with Gasteiger partial charge in [-0.2, -0.15) is 0 Å². The number of aliphatic imine (C=N–C) groups is 2. The van der Waals surface area contributed by atoms with Crippen LogP contribution in [0.1, 0.15) is 158 Å². The first kappa shape index (κ1) is 36.5. The summed E-state index contributed by atoms with van der Waals surface area (Å²) in [5.74, 6) is 6.97. The number of hydrogen-bond acceptors (Lipinski definition) is 2. The van der Waals surface area contributed by atoms with Gasteiger partial charge in [-0.3, -0.25) is 4.99 Å². The first-order valence-electron chi connectivity index (χ1n) is 17.7. The number of unbranched alkanes of at least 4 members (excludes halogenated alkanes) is 16. The van der Waals surface area contributed by atoms with Crippen LogP contribution in [0.2, 0.25) is 0 Å². The average Bonchev–Trinajstić information content (AvgIpc) is 2.95. The third-order valence-corrected chi connectivity index (χ3v) is 8.07. The zero-order valence-corrected chi connectivity index (χ0v) is 28.8. The highest BCUT2D eigenvalue weighted by Crippen LogP contribution is 2.21. The van der Waals surface area contributed by atoms with Gasteiger partial charge in [0.15, 0.2) is 0 Å². The van der Waals surface area contributed by atoms with Crippen molar-refractivity contribution in [3.63, 3.8) is 0 Å². The Morgan fingerprint density at radius 3 is 1.33 bits per heavy atom. The molecule has 2 aromatic carbocycles. The van der Waals surface area contributed by atoms with Crippen LogP contribution in [0.4, 0.5) is 11.4 Å². The van der Waals surface area contributed by atoms with Crippen LogP contribution in [0.5, 0.6) is 0 Å². The van der Waals surface area contributed by atoms with Crippen molar-refractivity contribution in [2.75, 3.05) is 0 Å². The van der Waals surface area contributed by atoms with Crippen molar-refractivity contribution < 1.29 is 0 Å². The Bertz CT molecular complexity index is 1130. The molecule has 2 aromatic rings. The topological polar surface area (TPSA) is 24.7 Å². The highest BCUT2D eigenvalue weighted by atomic mass is 14.8. The summed E-state index contributed by atoms with van der Waals surface area (Å²) < 4.78 is 0. The SMILES string of the molecule is CCCCCCCCCCCCCCCCCC#CC(=Nc1cc(C)cc(C)c1)C(CCCC)=Nc1cc(C)cc(C)c1. The molecule has 0 bridgehead atoms. The molecule has 0 heterocycles. The number of aryl methyl sites for hydroxylation is 4. The molecule has 0 aliphatic rings. The van der Waals surface area contributed by atoms with E-state index in [0.29, 0.717) is 0 Å². The van der Waals surface area contributed by atoms with E-state index in [9.17, 15) is 0 Å². The van der Waals surface area contributed by atoms with Gasteiger partial charge >= 0.3 is 0 Å². The largest absolute Gasteiger partial charge is 0.250 e. The van der Waals surface area contributed by atoms with Crippen LogP contribution in [0.15, 0.2) is 46.4 Å². The van der Waals surface area contributed by atoms with Crippen LogP contribution in [0.25, 0.3) is 0 Å². The monoisotopic (exact) mass is 582 g/mol. The summed E-state index contributed by atoms with van der Waals surface area (Å²) in [4.78, 5) is 10.2. The quantitative estimate of drug-likeness (QED) is 0.0794. The molecule has 236 valence electrons. The molecule has 0 amide bonds. The molecule has 0 saturated heterocycles. The normalized spacial score (nSPS) is 12.0. The van der Waals surface area contributed by atoms with Gasteiger partial charge in [0, 0.05) is 6.42 Å². The summed E-state index contributed by atoms with van der Waals surface area (Å²) in [6, 6.07) is 13.0. The number of rotatable bonds is 21. The van der Waals surface area contributed by atoms with Crippen LogP contribution in [-0.4, -0.2) is 11.4 Å². The van der Waals surface area contributed by atoms with E-state index >= 15 is 0 Å². The second-order valence-electron chi connectivity index (χ2n) is 12.8. The molecule has 0 fully saturated rings. The van der Waals surface area contributed by atoms with Crippen molar-refractivity contribution in [2.24, 2.45) is 9.98 Å². The minimum absolute atomic E-state index is 0.832. The highest BCUT2D eigenvalue weighted by Gasteiger charge is 2.09. The van der Waals surface area contributed by atoms with Gasteiger partial charge in [0.05, 0.1) is 17.1 Å². The number of nitrogens with zero attached hydrogens (tertiary/aromatic N) is 2. The van der Waals surface area contributed by atoms with E-state index in [-0.39, 0.29) is 0 Å². The molecule has 2 nitrogen and oxygen atoms in total. The van der Waals surface area contributed by atoms with Gasteiger partial charge in [-0.25, -0.2) is 4.99 Å². The highest BCUT2D eigenvalue weighted by molar-refractivity contribution is 6.49. The van der Waals surface area contributed by atoms with E-state index in [0.717, 1.165) is 48.5 Å². The first-order chi connectivity index (χ1) is 20.9. The Morgan fingerprint density at radius 1 is 0.488 bits per heavy atom. The molecule has 2 rings (SSSR count). The van der Waals surface area contributed by atoms with Crippen molar-refractivity contribution in [1.29, 1.82) is 0 Å². The van der Waals surface area contributed by atoms with Crippen molar-refractivity contribution >= 4 is 22.8 Å². The van der Waals surface area contributed by atoms with Gasteiger partial charge in [-0.05, 0) is 99.4 Å². The third-order valence-electron chi connectivity index (χ3n) is 8.07. The molecule has 0 spiro atoms. The fourth-order valence-corrected chi connectivity index (χ4v) is 5.78. The summed E-state index contributed by atoms with van der Waals surface area (Å²) in [5, 5.41) is 0. The van der Waals surface area contributed by atoms with Crippen LogP contribution in [0.3, 0.4) is 0 Å². The Morgan fingerprint density at radius 2 is 0.884 bits per heavy atom. The van der Waals surface area contributed by atoms with Crippen LogP contribution >= 0.6 is 0 Å². The maximum absolute atomic E-state index is 5.14. The predicted molar refractivity (Wildman–Crippen MR) is 193 cm³/mol. The Labute approximate surface area is 266 Å². The van der Waals surface area contributed by atoms with Crippen molar-refractivity contribution in [3.8, 4) is 11.8 Å². The molecule has 0 atom stereocenters. The van der Waals surface area contributed by atoms with E-state index in [1.165, 1.54) is 119 Å². The molecular weight excluding hydrogens is 520 g/mol. The second kappa shape index (κ2) is 22.8. The lowest BCUT2D eigenvalue weighted by Gasteiger charge is -2.08. The molecule has 0 aliphatic heterocycles. The fourth-order valence-electron chi connectivity index (χ4n) is 5.78. The molecule has 0 N–H and O–H groups in total. The molecule has 0 unspecified atom stereocenters. The Hall–Kier alpha value is -2.66. The van der Waals surface area contributed by atoms with Crippen LogP contribution in [-0.2, 0) is 0 Å². The van der Waals surface area contributed by atoms with Gasteiger partial charge < -0.3 is 0 Å². The zero-order chi connectivity index (χ0) is 31.1. The van der Waals surface area contributed by atoms with Crippen molar-refractivity contribution in [1.82, 2.24) is 0 Å². The summed E-state index contributed by atoms with van der Waals surface area (Å²) in [6.07, 6.45) is 24.8. The summed E-state index contributed by atoms with van der Waals surface area (Å²) in [6.45, 7) is 13.1. The van der Waals surface area contributed by atoms with Crippen LogP contribution < -0.4 is 0 Å². The zero-order valence-electron chi connectivity index (χ0n) is 28.8. The third kappa shape index (κ3) is 17.3. The van der Waals surface area contributed by atoms with Gasteiger partial charge in [0.2, 0.25) is 0 Å². The lowest BCUT2D eigenvalue weighted by molar-refractivity contribution is 0.533. The first-order valence-corrected chi connectivity index (χ1v) is 17.7. The molecule has 0 radical (unpaired) electrons. The predicted octanol–water partition coefficient (Wildman–Crippen LogP) is 13.2. The van der Waals surface area contributed by atoms with E-state index in [2.05, 4.69) is 89.8 Å². The van der Waals surface area contributed by atoms with Crippen LogP contribution in [0, 0.1) is 39.5 Å². The summed E-state index contributed by atoms with van der Waals surface area (Å²) >= 11 is 0. The van der Waals surface area contributed by atoms with Crippen molar-refractivity contribution in [2.45, 2.75) is 164 Å². The maximum Gasteiger partial charge on any atom is 0.135 e. The summed E-state index contributed by atoms with van der Waals surface area (Å²) in [5.41, 5.74) is 8.74. The minimum atomic E-state index is 0.832. The van der Waals surface area contributed by atoms with Crippen molar-refractivity contribution in [3.05, 3.63) is 58.7 Å². The van der Waals surface area contributed by atoms with Gasteiger partial charge in [0.1, 0.15) is 5.71 Å². The fraction of sp³-hybridized carbons (Fsp3) is 0.610. The molecule has 2 heteroatoms.